The van der Waals surface area contributed by atoms with Crippen molar-refractivity contribution in [3.8, 4) is 5.75 Å². The maximum absolute atomic E-state index is 12.6. The van der Waals surface area contributed by atoms with Gasteiger partial charge in [0.05, 0.1) is 11.9 Å². The lowest BCUT2D eigenvalue weighted by Crippen LogP contribution is -2.45. The molecule has 0 unspecified atom stereocenters. The van der Waals surface area contributed by atoms with Crippen LogP contribution in [0.15, 0.2) is 67.3 Å². The molecule has 0 aliphatic rings. The second-order valence-electron chi connectivity index (χ2n) is 5.68. The van der Waals surface area contributed by atoms with Crippen molar-refractivity contribution in [1.29, 1.82) is 0 Å². The number of rotatable bonds is 8. The lowest BCUT2D eigenvalue weighted by Gasteiger charge is -2.28. The number of para-hydroxylation sites is 1. The van der Waals surface area contributed by atoms with Crippen molar-refractivity contribution >= 4 is 27.3 Å². The minimum absolute atomic E-state index is 0.392. The highest BCUT2D eigenvalue weighted by atomic mass is 32.2. The first-order valence-corrected chi connectivity index (χ1v) is 9.87. The SMILES string of the molecule is C=CCOc1ccc(NC(=O)[C@@H](C)N(c2ccccc2)S(C)(=O)=O)cc1. The van der Waals surface area contributed by atoms with Crippen LogP contribution in [0.1, 0.15) is 6.92 Å². The molecule has 1 N–H and O–H groups in total. The van der Waals surface area contributed by atoms with E-state index in [2.05, 4.69) is 11.9 Å². The normalized spacial score (nSPS) is 12.1. The van der Waals surface area contributed by atoms with E-state index in [9.17, 15) is 13.2 Å². The van der Waals surface area contributed by atoms with Gasteiger partial charge in [0.15, 0.2) is 0 Å². The summed E-state index contributed by atoms with van der Waals surface area (Å²) in [7, 11) is -3.63. The Morgan fingerprint density at radius 1 is 1.19 bits per heavy atom. The van der Waals surface area contributed by atoms with Crippen molar-refractivity contribution in [2.24, 2.45) is 0 Å². The molecular formula is C19H22N2O4S. The molecule has 2 rings (SSSR count). The first-order valence-electron chi connectivity index (χ1n) is 8.02. The highest BCUT2D eigenvalue weighted by Gasteiger charge is 2.29. The van der Waals surface area contributed by atoms with Crippen LogP contribution in [0.5, 0.6) is 5.75 Å². The molecule has 6 nitrogen and oxygen atoms in total. The lowest BCUT2D eigenvalue weighted by atomic mass is 10.2. The number of nitrogens with one attached hydrogen (secondary N) is 1. The van der Waals surface area contributed by atoms with Gasteiger partial charge in [-0.15, -0.1) is 0 Å². The van der Waals surface area contributed by atoms with Gasteiger partial charge in [-0.05, 0) is 43.3 Å². The zero-order chi connectivity index (χ0) is 19.2. The third-order valence-electron chi connectivity index (χ3n) is 3.59. The Morgan fingerprint density at radius 2 is 1.81 bits per heavy atom. The molecule has 0 saturated carbocycles. The maximum atomic E-state index is 12.6. The number of amides is 1. The molecule has 0 aromatic heterocycles. The van der Waals surface area contributed by atoms with Crippen molar-refractivity contribution in [2.75, 3.05) is 22.5 Å². The Morgan fingerprint density at radius 3 is 2.35 bits per heavy atom. The van der Waals surface area contributed by atoms with Crippen LogP contribution in [0.4, 0.5) is 11.4 Å². The third-order valence-corrected chi connectivity index (χ3v) is 4.83. The van der Waals surface area contributed by atoms with Crippen LogP contribution in [0.2, 0.25) is 0 Å². The van der Waals surface area contributed by atoms with E-state index in [-0.39, 0.29) is 0 Å². The molecule has 1 amide bonds. The summed E-state index contributed by atoms with van der Waals surface area (Å²) in [5.41, 5.74) is 0.986. The van der Waals surface area contributed by atoms with Crippen molar-refractivity contribution in [1.82, 2.24) is 0 Å². The molecule has 7 heteroatoms. The summed E-state index contributed by atoms with van der Waals surface area (Å²) in [6, 6.07) is 14.4. The Kier molecular flexibility index (Phi) is 6.41. The molecule has 1 atom stereocenters. The Balaban J connectivity index is 2.15. The number of ether oxygens (including phenoxy) is 1. The van der Waals surface area contributed by atoms with Gasteiger partial charge in [0.25, 0.3) is 0 Å². The number of carbonyl (C=O) groups is 1. The molecular weight excluding hydrogens is 352 g/mol. The predicted molar refractivity (Wildman–Crippen MR) is 104 cm³/mol. The summed E-state index contributed by atoms with van der Waals surface area (Å²) in [6.07, 6.45) is 2.72. The fourth-order valence-electron chi connectivity index (χ4n) is 2.42. The summed E-state index contributed by atoms with van der Waals surface area (Å²) in [5.74, 6) is 0.219. The van der Waals surface area contributed by atoms with Gasteiger partial charge in [-0.3, -0.25) is 9.10 Å². The van der Waals surface area contributed by atoms with Crippen molar-refractivity contribution in [2.45, 2.75) is 13.0 Å². The van der Waals surface area contributed by atoms with E-state index in [1.54, 1.807) is 67.6 Å². The summed E-state index contributed by atoms with van der Waals surface area (Å²) >= 11 is 0. The summed E-state index contributed by atoms with van der Waals surface area (Å²) < 4.78 is 30.9. The van der Waals surface area contributed by atoms with Gasteiger partial charge >= 0.3 is 0 Å². The van der Waals surface area contributed by atoms with Gasteiger partial charge in [-0.1, -0.05) is 30.9 Å². The predicted octanol–water partition coefficient (Wildman–Crippen LogP) is 3.04. The van der Waals surface area contributed by atoms with Gasteiger partial charge < -0.3 is 10.1 Å². The van der Waals surface area contributed by atoms with Crippen LogP contribution in [-0.4, -0.2) is 33.2 Å². The molecule has 0 radical (unpaired) electrons. The average molecular weight is 374 g/mol. The maximum Gasteiger partial charge on any atom is 0.247 e. The number of benzene rings is 2. The number of hydrogen-bond acceptors (Lipinski definition) is 4. The van der Waals surface area contributed by atoms with E-state index in [0.29, 0.717) is 23.7 Å². The number of anilines is 2. The molecule has 0 spiro atoms. The Bertz CT molecular complexity index is 849. The van der Waals surface area contributed by atoms with E-state index >= 15 is 0 Å². The largest absolute Gasteiger partial charge is 0.490 e. The molecule has 138 valence electrons. The lowest BCUT2D eigenvalue weighted by molar-refractivity contribution is -0.116. The van der Waals surface area contributed by atoms with E-state index in [4.69, 9.17) is 4.74 Å². The number of sulfonamides is 1. The minimum atomic E-state index is -3.63. The van der Waals surface area contributed by atoms with Crippen LogP contribution in [0, 0.1) is 0 Å². The van der Waals surface area contributed by atoms with Gasteiger partial charge in [-0.25, -0.2) is 8.42 Å². The molecule has 2 aromatic rings. The summed E-state index contributed by atoms with van der Waals surface area (Å²) in [6.45, 7) is 5.52. The summed E-state index contributed by atoms with van der Waals surface area (Å²) in [5, 5.41) is 2.73. The zero-order valence-electron chi connectivity index (χ0n) is 14.8. The highest BCUT2D eigenvalue weighted by Crippen LogP contribution is 2.22. The van der Waals surface area contributed by atoms with E-state index in [1.807, 2.05) is 0 Å². The fourth-order valence-corrected chi connectivity index (χ4v) is 3.59. The van der Waals surface area contributed by atoms with Crippen molar-refractivity contribution in [3.63, 3.8) is 0 Å². The van der Waals surface area contributed by atoms with Crippen LogP contribution >= 0.6 is 0 Å². The highest BCUT2D eigenvalue weighted by molar-refractivity contribution is 7.92. The van der Waals surface area contributed by atoms with E-state index in [0.717, 1.165) is 10.6 Å². The van der Waals surface area contributed by atoms with Gasteiger partial charge in [0.1, 0.15) is 18.4 Å². The third kappa shape index (κ3) is 5.10. The van der Waals surface area contributed by atoms with Crippen LogP contribution in [-0.2, 0) is 14.8 Å². The number of carbonyl (C=O) groups excluding carboxylic acids is 1. The van der Waals surface area contributed by atoms with Crippen molar-refractivity contribution in [3.05, 3.63) is 67.3 Å². The molecule has 0 heterocycles. The molecule has 0 bridgehead atoms. The quantitative estimate of drug-likeness (QED) is 0.721. The molecule has 2 aromatic carbocycles. The van der Waals surface area contributed by atoms with E-state index in [1.165, 1.54) is 0 Å². The zero-order valence-corrected chi connectivity index (χ0v) is 15.6. The topological polar surface area (TPSA) is 75.7 Å². The van der Waals surface area contributed by atoms with Gasteiger partial charge in [0, 0.05) is 5.69 Å². The number of hydrogen-bond donors (Lipinski definition) is 1. The Hall–Kier alpha value is -2.80. The monoisotopic (exact) mass is 374 g/mol. The first-order chi connectivity index (χ1) is 12.3. The second kappa shape index (κ2) is 8.53. The molecule has 0 fully saturated rings. The standard InChI is InChI=1S/C19H22N2O4S/c1-4-14-25-18-12-10-16(11-13-18)20-19(22)15(2)21(26(3,23)24)17-8-6-5-7-9-17/h4-13,15H,1,14H2,2-3H3,(H,20,22)/t15-/m1/s1. The molecule has 0 aliphatic carbocycles. The van der Waals surface area contributed by atoms with E-state index < -0.39 is 22.0 Å². The molecule has 0 aliphatic heterocycles. The molecule has 0 saturated heterocycles. The van der Waals surface area contributed by atoms with Crippen LogP contribution in [0.25, 0.3) is 0 Å². The Labute approximate surface area is 154 Å². The average Bonchev–Trinajstić information content (AvgIpc) is 2.61. The fraction of sp³-hybridized carbons (Fsp3) is 0.211. The minimum Gasteiger partial charge on any atom is -0.490 e. The first kappa shape index (κ1) is 19.5. The van der Waals surface area contributed by atoms with Gasteiger partial charge in [0.2, 0.25) is 15.9 Å². The summed E-state index contributed by atoms with van der Waals surface area (Å²) in [4.78, 5) is 12.6. The van der Waals surface area contributed by atoms with Gasteiger partial charge in [-0.2, -0.15) is 0 Å². The molecule has 26 heavy (non-hydrogen) atoms. The second-order valence-corrected chi connectivity index (χ2v) is 7.54. The van der Waals surface area contributed by atoms with Crippen LogP contribution < -0.4 is 14.4 Å². The van der Waals surface area contributed by atoms with Crippen LogP contribution in [0.3, 0.4) is 0 Å². The number of nitrogens with zero attached hydrogens (tertiary/aromatic N) is 1. The smallest absolute Gasteiger partial charge is 0.247 e. The van der Waals surface area contributed by atoms with Crippen molar-refractivity contribution < 1.29 is 17.9 Å².